The lowest BCUT2D eigenvalue weighted by atomic mass is 9.83. The maximum Gasteiger partial charge on any atom is 0.133 e. The average molecular weight is 189 g/mol. The molecule has 1 aliphatic rings. The molecule has 1 aliphatic carbocycles. The third-order valence-corrected chi connectivity index (χ3v) is 2.97. The van der Waals surface area contributed by atoms with Crippen molar-refractivity contribution in [3.05, 3.63) is 29.6 Å². The van der Waals surface area contributed by atoms with Crippen LogP contribution in [0.4, 0.5) is 0 Å². The Morgan fingerprint density at radius 2 is 2.36 bits per heavy atom. The van der Waals surface area contributed by atoms with E-state index in [1.165, 1.54) is 5.56 Å². The highest BCUT2D eigenvalue weighted by atomic mass is 16.1. The van der Waals surface area contributed by atoms with Crippen LogP contribution in [-0.4, -0.2) is 10.8 Å². The first-order chi connectivity index (χ1) is 6.77. The molecule has 2 rings (SSSR count). The number of carbonyl (C=O) groups is 1. The highest BCUT2D eigenvalue weighted by molar-refractivity contribution is 5.80. The topological polar surface area (TPSA) is 30.0 Å². The van der Waals surface area contributed by atoms with Crippen LogP contribution in [-0.2, 0) is 4.79 Å². The average Bonchev–Trinajstić information content (AvgIpc) is 2.18. The van der Waals surface area contributed by atoms with Gasteiger partial charge in [0.25, 0.3) is 0 Å². The molecule has 1 fully saturated rings. The Balaban J connectivity index is 2.22. The summed E-state index contributed by atoms with van der Waals surface area (Å²) < 4.78 is 0. The molecule has 1 atom stereocenters. The first-order valence-corrected chi connectivity index (χ1v) is 5.20. The van der Waals surface area contributed by atoms with Crippen LogP contribution in [0.25, 0.3) is 0 Å². The van der Waals surface area contributed by atoms with Gasteiger partial charge in [0.2, 0.25) is 0 Å². The number of pyridine rings is 1. The van der Waals surface area contributed by atoms with Crippen LogP contribution in [0, 0.1) is 6.92 Å². The molecular formula is C12H15NO. The van der Waals surface area contributed by atoms with Crippen molar-refractivity contribution in [2.75, 3.05) is 0 Å². The van der Waals surface area contributed by atoms with Gasteiger partial charge < -0.3 is 0 Å². The van der Waals surface area contributed by atoms with Crippen LogP contribution in [0.5, 0.6) is 0 Å². The lowest BCUT2D eigenvalue weighted by Gasteiger charge is -2.22. The monoisotopic (exact) mass is 189 g/mol. The summed E-state index contributed by atoms with van der Waals surface area (Å²) in [5.41, 5.74) is 2.34. The summed E-state index contributed by atoms with van der Waals surface area (Å²) >= 11 is 0. The lowest BCUT2D eigenvalue weighted by molar-refractivity contribution is -0.120. The van der Waals surface area contributed by atoms with E-state index in [2.05, 4.69) is 11.1 Å². The van der Waals surface area contributed by atoms with Crippen LogP contribution >= 0.6 is 0 Å². The largest absolute Gasteiger partial charge is 0.300 e. The zero-order chi connectivity index (χ0) is 9.97. The fraction of sp³-hybridized carbons (Fsp3) is 0.500. The number of Topliss-reactive ketones (excluding diaryl/α,β-unsaturated/α-hetero) is 1. The van der Waals surface area contributed by atoms with E-state index in [1.807, 2.05) is 19.2 Å². The van der Waals surface area contributed by atoms with Gasteiger partial charge in [0.15, 0.2) is 0 Å². The van der Waals surface area contributed by atoms with Crippen molar-refractivity contribution in [2.24, 2.45) is 0 Å². The van der Waals surface area contributed by atoms with Crippen molar-refractivity contribution in [1.29, 1.82) is 0 Å². The molecule has 0 aromatic carbocycles. The maximum atomic E-state index is 11.3. The van der Waals surface area contributed by atoms with Crippen molar-refractivity contribution >= 4 is 5.78 Å². The minimum absolute atomic E-state index is 0.407. The van der Waals surface area contributed by atoms with E-state index in [0.717, 1.165) is 25.0 Å². The minimum Gasteiger partial charge on any atom is -0.300 e. The van der Waals surface area contributed by atoms with Crippen molar-refractivity contribution < 1.29 is 4.79 Å². The maximum absolute atomic E-state index is 11.3. The Hall–Kier alpha value is -1.18. The second-order valence-electron chi connectivity index (χ2n) is 4.01. The van der Waals surface area contributed by atoms with Crippen LogP contribution < -0.4 is 0 Å². The van der Waals surface area contributed by atoms with E-state index in [0.29, 0.717) is 18.1 Å². The number of carbonyl (C=O) groups excluding carboxylic acids is 1. The number of nitrogens with zero attached hydrogens (tertiary/aromatic N) is 1. The van der Waals surface area contributed by atoms with Gasteiger partial charge in [0.1, 0.15) is 5.78 Å². The molecule has 1 aromatic heterocycles. The standard InChI is InChI=1S/C12H15NO/c1-9-12(6-3-7-13-9)10-4-2-5-11(14)8-10/h3,6-7,10H,2,4-5,8H2,1H3. The number of ketones is 1. The predicted molar refractivity (Wildman–Crippen MR) is 55.2 cm³/mol. The summed E-state index contributed by atoms with van der Waals surface area (Å²) in [4.78, 5) is 15.6. The van der Waals surface area contributed by atoms with Gasteiger partial charge in [-0.05, 0) is 37.3 Å². The van der Waals surface area contributed by atoms with Crippen LogP contribution in [0.1, 0.15) is 42.9 Å². The zero-order valence-corrected chi connectivity index (χ0v) is 8.49. The highest BCUT2D eigenvalue weighted by Gasteiger charge is 2.22. The molecule has 0 radical (unpaired) electrons. The molecule has 0 amide bonds. The zero-order valence-electron chi connectivity index (χ0n) is 8.49. The first kappa shape index (κ1) is 9.38. The SMILES string of the molecule is Cc1ncccc1C1CCCC(=O)C1. The highest BCUT2D eigenvalue weighted by Crippen LogP contribution is 2.31. The molecule has 14 heavy (non-hydrogen) atoms. The van der Waals surface area contributed by atoms with Crippen molar-refractivity contribution in [3.63, 3.8) is 0 Å². The van der Waals surface area contributed by atoms with Gasteiger partial charge in [-0.1, -0.05) is 6.07 Å². The van der Waals surface area contributed by atoms with Gasteiger partial charge in [0.05, 0.1) is 0 Å². The van der Waals surface area contributed by atoms with Gasteiger partial charge in [-0.2, -0.15) is 0 Å². The van der Waals surface area contributed by atoms with Crippen molar-refractivity contribution in [3.8, 4) is 0 Å². The van der Waals surface area contributed by atoms with Crippen LogP contribution in [0.2, 0.25) is 0 Å². The minimum atomic E-state index is 0.407. The quantitative estimate of drug-likeness (QED) is 0.679. The summed E-state index contributed by atoms with van der Waals surface area (Å²) in [6, 6.07) is 4.06. The predicted octanol–water partition coefficient (Wildman–Crippen LogP) is 2.62. The fourth-order valence-electron chi connectivity index (χ4n) is 2.22. The molecule has 2 heteroatoms. The number of aryl methyl sites for hydroxylation is 1. The van der Waals surface area contributed by atoms with E-state index in [-0.39, 0.29) is 0 Å². The van der Waals surface area contributed by atoms with Crippen molar-refractivity contribution in [2.45, 2.75) is 38.5 Å². The normalized spacial score (nSPS) is 22.4. The van der Waals surface area contributed by atoms with Gasteiger partial charge in [-0.15, -0.1) is 0 Å². The molecule has 74 valence electrons. The second-order valence-corrected chi connectivity index (χ2v) is 4.01. The first-order valence-electron chi connectivity index (χ1n) is 5.20. The Bertz CT molecular complexity index is 346. The van der Waals surface area contributed by atoms with E-state index in [9.17, 15) is 4.79 Å². The summed E-state index contributed by atoms with van der Waals surface area (Å²) in [7, 11) is 0. The molecule has 0 aliphatic heterocycles. The molecule has 1 saturated carbocycles. The molecule has 0 saturated heterocycles. The Morgan fingerprint density at radius 3 is 3.07 bits per heavy atom. The Kier molecular flexibility index (Phi) is 2.62. The van der Waals surface area contributed by atoms with E-state index in [1.54, 1.807) is 0 Å². The van der Waals surface area contributed by atoms with Crippen LogP contribution in [0.3, 0.4) is 0 Å². The second kappa shape index (κ2) is 3.91. The van der Waals surface area contributed by atoms with Crippen molar-refractivity contribution in [1.82, 2.24) is 4.98 Å². The van der Waals surface area contributed by atoms with E-state index < -0.39 is 0 Å². The van der Waals surface area contributed by atoms with Gasteiger partial charge in [-0.3, -0.25) is 9.78 Å². The van der Waals surface area contributed by atoms with Gasteiger partial charge in [-0.25, -0.2) is 0 Å². The molecule has 2 nitrogen and oxygen atoms in total. The number of hydrogen-bond acceptors (Lipinski definition) is 2. The van der Waals surface area contributed by atoms with Gasteiger partial charge >= 0.3 is 0 Å². The molecule has 1 unspecified atom stereocenters. The smallest absolute Gasteiger partial charge is 0.133 e. The molecule has 0 spiro atoms. The third kappa shape index (κ3) is 1.84. The molecule has 0 N–H and O–H groups in total. The summed E-state index contributed by atoms with van der Waals surface area (Å²) in [6.45, 7) is 2.02. The molecule has 0 bridgehead atoms. The summed E-state index contributed by atoms with van der Waals surface area (Å²) in [5, 5.41) is 0. The molecule has 1 aromatic rings. The molecular weight excluding hydrogens is 174 g/mol. The molecule has 1 heterocycles. The van der Waals surface area contributed by atoms with Gasteiger partial charge in [0, 0.05) is 24.7 Å². The number of aromatic nitrogens is 1. The fourth-order valence-corrected chi connectivity index (χ4v) is 2.22. The van der Waals surface area contributed by atoms with Crippen LogP contribution in [0.15, 0.2) is 18.3 Å². The third-order valence-electron chi connectivity index (χ3n) is 2.97. The number of rotatable bonds is 1. The van der Waals surface area contributed by atoms with E-state index >= 15 is 0 Å². The number of hydrogen-bond donors (Lipinski definition) is 0. The van der Waals surface area contributed by atoms with E-state index in [4.69, 9.17) is 0 Å². The Labute approximate surface area is 84.4 Å². The lowest BCUT2D eigenvalue weighted by Crippen LogP contribution is -2.14. The summed E-state index contributed by atoms with van der Waals surface area (Å²) in [5.74, 6) is 0.828. The summed E-state index contributed by atoms with van der Waals surface area (Å²) in [6.07, 6.45) is 5.47. The Morgan fingerprint density at radius 1 is 1.50 bits per heavy atom.